The molecule has 2 rings (SSSR count). The van der Waals surface area contributed by atoms with Crippen LogP contribution in [-0.4, -0.2) is 43.8 Å². The second-order valence-corrected chi connectivity index (χ2v) is 11.1. The van der Waals surface area contributed by atoms with Gasteiger partial charge in [-0.15, -0.1) is 0 Å². The van der Waals surface area contributed by atoms with Crippen molar-refractivity contribution in [3.05, 3.63) is 42.1 Å². The third-order valence-corrected chi connectivity index (χ3v) is 5.52. The maximum atomic E-state index is 11.4. The fourth-order valence-electron chi connectivity index (χ4n) is 3.65. The van der Waals surface area contributed by atoms with Crippen molar-refractivity contribution in [2.24, 2.45) is 11.8 Å². The van der Waals surface area contributed by atoms with Gasteiger partial charge in [0.15, 0.2) is 0 Å². The molecule has 1 unspecified atom stereocenters. The number of aromatic nitrogens is 1. The second-order valence-electron chi connectivity index (χ2n) is 9.40. The standard InChI is InChI=1S/C24H36N4O4S/c1-16(2)14-28(15-17(3)4)22-9-7-19(18(5)11-24(29)30)12-21(22)26-23-10-8-20(13-25-23)27-33(6,31)32/h7-10,12-13,16-18,27H,11,14-15H2,1-6H3,(H,25,26)(H,29,30). The highest BCUT2D eigenvalue weighted by atomic mass is 32.2. The lowest BCUT2D eigenvalue weighted by Crippen LogP contribution is -2.31. The van der Waals surface area contributed by atoms with Crippen molar-refractivity contribution in [2.75, 3.05) is 34.3 Å². The first-order valence-corrected chi connectivity index (χ1v) is 13.0. The molecule has 8 nitrogen and oxygen atoms in total. The lowest BCUT2D eigenvalue weighted by atomic mass is 9.96. The van der Waals surface area contributed by atoms with Crippen LogP contribution in [0.2, 0.25) is 0 Å². The fraction of sp³-hybridized carbons (Fsp3) is 0.500. The van der Waals surface area contributed by atoms with E-state index in [-0.39, 0.29) is 12.3 Å². The lowest BCUT2D eigenvalue weighted by Gasteiger charge is -2.31. The Bertz CT molecular complexity index is 1030. The maximum absolute atomic E-state index is 11.4. The van der Waals surface area contributed by atoms with Crippen molar-refractivity contribution in [1.29, 1.82) is 0 Å². The molecule has 0 amide bonds. The number of carbonyl (C=O) groups is 1. The zero-order valence-corrected chi connectivity index (χ0v) is 21.1. The van der Waals surface area contributed by atoms with E-state index in [1.54, 1.807) is 12.1 Å². The fourth-order valence-corrected chi connectivity index (χ4v) is 4.20. The zero-order chi connectivity index (χ0) is 24.8. The SMILES string of the molecule is CC(C)CN(CC(C)C)c1ccc(C(C)CC(=O)O)cc1Nc1ccc(NS(C)(=O)=O)cn1. The number of nitrogens with zero attached hydrogens (tertiary/aromatic N) is 2. The van der Waals surface area contributed by atoms with Crippen LogP contribution < -0.4 is 14.9 Å². The highest BCUT2D eigenvalue weighted by molar-refractivity contribution is 7.92. The Kier molecular flexibility index (Phi) is 9.10. The first-order valence-electron chi connectivity index (χ1n) is 11.2. The summed E-state index contributed by atoms with van der Waals surface area (Å²) in [5.74, 6) is 0.503. The minimum Gasteiger partial charge on any atom is -0.481 e. The highest BCUT2D eigenvalue weighted by Gasteiger charge is 2.18. The van der Waals surface area contributed by atoms with Gasteiger partial charge >= 0.3 is 5.97 Å². The van der Waals surface area contributed by atoms with Gasteiger partial charge in [0.25, 0.3) is 0 Å². The molecule has 182 valence electrons. The third kappa shape index (κ3) is 8.92. The predicted molar refractivity (Wildman–Crippen MR) is 135 cm³/mol. The van der Waals surface area contributed by atoms with Gasteiger partial charge in [-0.1, -0.05) is 40.7 Å². The van der Waals surface area contributed by atoms with Gasteiger partial charge < -0.3 is 15.3 Å². The number of aliphatic carboxylic acids is 1. The number of nitrogens with one attached hydrogen (secondary N) is 2. The van der Waals surface area contributed by atoms with Crippen molar-refractivity contribution in [3.8, 4) is 0 Å². The molecule has 0 fully saturated rings. The van der Waals surface area contributed by atoms with E-state index in [1.807, 2.05) is 25.1 Å². The van der Waals surface area contributed by atoms with Crippen molar-refractivity contribution < 1.29 is 18.3 Å². The quantitative estimate of drug-likeness (QED) is 0.400. The van der Waals surface area contributed by atoms with E-state index in [2.05, 4.69) is 47.6 Å². The van der Waals surface area contributed by atoms with Crippen LogP contribution in [0.3, 0.4) is 0 Å². The number of rotatable bonds is 12. The highest BCUT2D eigenvalue weighted by Crippen LogP contribution is 2.34. The number of hydrogen-bond acceptors (Lipinski definition) is 6. The molecular formula is C24H36N4O4S. The number of carboxylic acid groups (broad SMARTS) is 1. The molecule has 0 aliphatic carbocycles. The Morgan fingerprint density at radius 1 is 1.06 bits per heavy atom. The first-order chi connectivity index (χ1) is 15.3. The number of carboxylic acids is 1. The van der Waals surface area contributed by atoms with Crippen LogP contribution in [0.4, 0.5) is 22.9 Å². The van der Waals surface area contributed by atoms with Gasteiger partial charge in [0.1, 0.15) is 5.82 Å². The average molecular weight is 477 g/mol. The first kappa shape index (κ1) is 26.4. The number of sulfonamides is 1. The number of benzene rings is 1. The van der Waals surface area contributed by atoms with E-state index in [9.17, 15) is 18.3 Å². The van der Waals surface area contributed by atoms with Gasteiger partial charge in [0, 0.05) is 13.1 Å². The van der Waals surface area contributed by atoms with Crippen LogP contribution in [0, 0.1) is 11.8 Å². The van der Waals surface area contributed by atoms with E-state index in [0.29, 0.717) is 23.3 Å². The van der Waals surface area contributed by atoms with Crippen LogP contribution in [0.5, 0.6) is 0 Å². The average Bonchev–Trinajstić information content (AvgIpc) is 2.66. The summed E-state index contributed by atoms with van der Waals surface area (Å²) >= 11 is 0. The lowest BCUT2D eigenvalue weighted by molar-refractivity contribution is -0.137. The molecule has 0 bridgehead atoms. The summed E-state index contributed by atoms with van der Waals surface area (Å²) in [6, 6.07) is 9.38. The Balaban J connectivity index is 2.44. The molecule has 9 heteroatoms. The Hall–Kier alpha value is -2.81. The van der Waals surface area contributed by atoms with Crippen LogP contribution in [0.1, 0.15) is 52.5 Å². The Labute approximate surface area is 197 Å². The molecule has 1 atom stereocenters. The molecule has 1 heterocycles. The topological polar surface area (TPSA) is 112 Å². The summed E-state index contributed by atoms with van der Waals surface area (Å²) in [5.41, 5.74) is 3.16. The molecule has 0 radical (unpaired) electrons. The van der Waals surface area contributed by atoms with Gasteiger partial charge in [0.2, 0.25) is 10.0 Å². The molecule has 3 N–H and O–H groups in total. The number of hydrogen-bond donors (Lipinski definition) is 3. The molecule has 0 saturated heterocycles. The van der Waals surface area contributed by atoms with E-state index in [1.165, 1.54) is 6.20 Å². The van der Waals surface area contributed by atoms with Crippen molar-refractivity contribution in [2.45, 2.75) is 47.0 Å². The van der Waals surface area contributed by atoms with Crippen molar-refractivity contribution in [1.82, 2.24) is 4.98 Å². The molecule has 0 saturated carbocycles. The summed E-state index contributed by atoms with van der Waals surface area (Å²) in [6.45, 7) is 12.4. The maximum Gasteiger partial charge on any atom is 0.303 e. The van der Waals surface area contributed by atoms with E-state index >= 15 is 0 Å². The minimum absolute atomic E-state index is 0.0462. The second kappa shape index (κ2) is 11.4. The van der Waals surface area contributed by atoms with Crippen LogP contribution in [0.15, 0.2) is 36.5 Å². The zero-order valence-electron chi connectivity index (χ0n) is 20.3. The van der Waals surface area contributed by atoms with Crippen molar-refractivity contribution in [3.63, 3.8) is 0 Å². The summed E-state index contributed by atoms with van der Waals surface area (Å²) in [7, 11) is -3.38. The van der Waals surface area contributed by atoms with E-state index in [4.69, 9.17) is 0 Å². The van der Waals surface area contributed by atoms with Gasteiger partial charge in [-0.2, -0.15) is 0 Å². The monoisotopic (exact) mass is 476 g/mol. The number of anilines is 4. The largest absolute Gasteiger partial charge is 0.481 e. The summed E-state index contributed by atoms with van der Waals surface area (Å²) in [4.78, 5) is 17.9. The van der Waals surface area contributed by atoms with Gasteiger partial charge in [-0.05, 0) is 47.6 Å². The molecule has 33 heavy (non-hydrogen) atoms. The minimum atomic E-state index is -3.38. The van der Waals surface area contributed by atoms with Crippen molar-refractivity contribution >= 4 is 38.9 Å². The van der Waals surface area contributed by atoms with Crippen LogP contribution in [0.25, 0.3) is 0 Å². The summed E-state index contributed by atoms with van der Waals surface area (Å²) in [5, 5.41) is 12.6. The Morgan fingerprint density at radius 2 is 1.70 bits per heavy atom. The Morgan fingerprint density at radius 3 is 2.18 bits per heavy atom. The summed E-state index contributed by atoms with van der Waals surface area (Å²) < 4.78 is 25.3. The van der Waals surface area contributed by atoms with E-state index < -0.39 is 16.0 Å². The normalized spacial score (nSPS) is 12.6. The van der Waals surface area contributed by atoms with Gasteiger partial charge in [-0.3, -0.25) is 9.52 Å². The smallest absolute Gasteiger partial charge is 0.303 e. The van der Waals surface area contributed by atoms with E-state index in [0.717, 1.165) is 36.3 Å². The molecule has 0 aliphatic heterocycles. The predicted octanol–water partition coefficient (Wildman–Crippen LogP) is 4.89. The molecular weight excluding hydrogens is 440 g/mol. The molecule has 0 aliphatic rings. The molecule has 1 aromatic heterocycles. The van der Waals surface area contributed by atoms with Gasteiger partial charge in [-0.25, -0.2) is 13.4 Å². The van der Waals surface area contributed by atoms with Gasteiger partial charge in [0.05, 0.1) is 35.9 Å². The van der Waals surface area contributed by atoms with Crippen LogP contribution >= 0.6 is 0 Å². The summed E-state index contributed by atoms with van der Waals surface area (Å²) in [6.07, 6.45) is 2.60. The van der Waals surface area contributed by atoms with Crippen LogP contribution in [-0.2, 0) is 14.8 Å². The third-order valence-electron chi connectivity index (χ3n) is 4.91. The molecule has 2 aromatic rings. The molecule has 1 aromatic carbocycles. The number of pyridine rings is 1. The molecule has 0 spiro atoms.